The molecule has 108 valence electrons. The van der Waals surface area contributed by atoms with Crippen molar-refractivity contribution >= 4 is 15.9 Å². The highest BCUT2D eigenvalue weighted by molar-refractivity contribution is 7.90. The third-order valence-electron chi connectivity index (χ3n) is 2.73. The van der Waals surface area contributed by atoms with Crippen molar-refractivity contribution in [3.05, 3.63) is 29.6 Å². The van der Waals surface area contributed by atoms with Crippen molar-refractivity contribution in [3.63, 3.8) is 0 Å². The number of hydrogen-bond donors (Lipinski definition) is 2. The zero-order valence-corrected chi connectivity index (χ0v) is 12.2. The Labute approximate surface area is 114 Å². The average Bonchev–Trinajstić information content (AvgIpc) is 2.33. The molecule has 0 saturated heterocycles. The molecule has 0 fully saturated rings. The van der Waals surface area contributed by atoms with Gasteiger partial charge in [0.2, 0.25) is 0 Å². The Kier molecular flexibility index (Phi) is 5.71. The van der Waals surface area contributed by atoms with E-state index >= 15 is 0 Å². The fourth-order valence-electron chi connectivity index (χ4n) is 1.48. The molecular weight excluding hydrogens is 269 g/mol. The monoisotopic (exact) mass is 289 g/mol. The van der Waals surface area contributed by atoms with E-state index in [0.29, 0.717) is 18.5 Å². The predicted octanol–water partition coefficient (Wildman–Crippen LogP) is 1.33. The van der Waals surface area contributed by atoms with E-state index in [-0.39, 0.29) is 5.69 Å². The molecule has 1 rings (SSSR count). The molecule has 0 spiro atoms. The molecule has 0 atom stereocenters. The summed E-state index contributed by atoms with van der Waals surface area (Å²) in [5.41, 5.74) is 0.703. The molecule has 0 aromatic heterocycles. The summed E-state index contributed by atoms with van der Waals surface area (Å²) in [7, 11) is -0.339. The fourth-order valence-corrected chi connectivity index (χ4v) is 2.43. The van der Waals surface area contributed by atoms with Gasteiger partial charge >= 0.3 is 10.2 Å². The summed E-state index contributed by atoms with van der Waals surface area (Å²) < 4.78 is 40.8. The van der Waals surface area contributed by atoms with Gasteiger partial charge in [-0.3, -0.25) is 4.72 Å². The van der Waals surface area contributed by atoms with Crippen molar-refractivity contribution in [3.8, 4) is 0 Å². The summed E-state index contributed by atoms with van der Waals surface area (Å²) in [6.45, 7) is 2.75. The first kappa shape index (κ1) is 15.9. The fraction of sp³-hybridized carbons (Fsp3) is 0.500. The van der Waals surface area contributed by atoms with Crippen LogP contribution in [0.25, 0.3) is 0 Å². The van der Waals surface area contributed by atoms with Crippen molar-refractivity contribution in [1.29, 1.82) is 0 Å². The standard InChI is InChI=1S/C12H20FN3O2S/c1-10-5-6-11(9-12(10)13)15-19(17,18)16(3)8-4-7-14-2/h5-6,9,14-15H,4,7-8H2,1-3H3. The number of benzene rings is 1. The van der Waals surface area contributed by atoms with E-state index in [1.165, 1.54) is 29.6 Å². The van der Waals surface area contributed by atoms with Crippen LogP contribution >= 0.6 is 0 Å². The highest BCUT2D eigenvalue weighted by Gasteiger charge is 2.17. The van der Waals surface area contributed by atoms with Gasteiger partial charge in [0, 0.05) is 13.6 Å². The van der Waals surface area contributed by atoms with Crippen LogP contribution in [-0.4, -0.2) is 39.9 Å². The molecule has 0 heterocycles. The maximum atomic E-state index is 13.3. The minimum atomic E-state index is -3.63. The number of halogens is 1. The molecule has 0 unspecified atom stereocenters. The van der Waals surface area contributed by atoms with Crippen LogP contribution in [0.5, 0.6) is 0 Å². The molecule has 0 bridgehead atoms. The number of nitrogens with zero attached hydrogens (tertiary/aromatic N) is 1. The van der Waals surface area contributed by atoms with Gasteiger partial charge in [-0.25, -0.2) is 4.39 Å². The van der Waals surface area contributed by atoms with Crippen molar-refractivity contribution in [1.82, 2.24) is 9.62 Å². The van der Waals surface area contributed by atoms with E-state index in [1.807, 2.05) is 7.05 Å². The highest BCUT2D eigenvalue weighted by Crippen LogP contribution is 2.15. The maximum absolute atomic E-state index is 13.3. The topological polar surface area (TPSA) is 61.4 Å². The average molecular weight is 289 g/mol. The number of anilines is 1. The predicted molar refractivity (Wildman–Crippen MR) is 74.9 cm³/mol. The summed E-state index contributed by atoms with van der Waals surface area (Å²) in [6, 6.07) is 4.25. The lowest BCUT2D eigenvalue weighted by Gasteiger charge is -2.18. The van der Waals surface area contributed by atoms with E-state index in [1.54, 1.807) is 6.92 Å². The Hall–Kier alpha value is -1.18. The molecule has 5 nitrogen and oxygen atoms in total. The summed E-state index contributed by atoms with van der Waals surface area (Å²) >= 11 is 0. The number of hydrogen-bond acceptors (Lipinski definition) is 3. The van der Waals surface area contributed by atoms with Crippen LogP contribution in [0.2, 0.25) is 0 Å². The van der Waals surface area contributed by atoms with E-state index in [0.717, 1.165) is 6.54 Å². The van der Waals surface area contributed by atoms with Crippen molar-refractivity contribution in [2.24, 2.45) is 0 Å². The number of rotatable bonds is 7. The Morgan fingerprint density at radius 1 is 1.37 bits per heavy atom. The van der Waals surface area contributed by atoms with Crippen LogP contribution in [0, 0.1) is 12.7 Å². The molecule has 0 saturated carbocycles. The lowest BCUT2D eigenvalue weighted by molar-refractivity contribution is 0.462. The molecule has 0 aliphatic rings. The van der Waals surface area contributed by atoms with Gasteiger partial charge < -0.3 is 5.32 Å². The zero-order chi connectivity index (χ0) is 14.5. The van der Waals surface area contributed by atoms with Crippen LogP contribution in [0.15, 0.2) is 18.2 Å². The molecule has 0 aliphatic heterocycles. The van der Waals surface area contributed by atoms with Gasteiger partial charge in [0.15, 0.2) is 0 Å². The molecule has 7 heteroatoms. The van der Waals surface area contributed by atoms with Gasteiger partial charge in [0.1, 0.15) is 5.82 Å². The van der Waals surface area contributed by atoms with E-state index in [4.69, 9.17) is 0 Å². The molecule has 2 N–H and O–H groups in total. The maximum Gasteiger partial charge on any atom is 0.301 e. The first-order valence-corrected chi connectivity index (χ1v) is 7.45. The lowest BCUT2D eigenvalue weighted by atomic mass is 10.2. The van der Waals surface area contributed by atoms with Crippen LogP contribution in [0.4, 0.5) is 10.1 Å². The van der Waals surface area contributed by atoms with Gasteiger partial charge in [0.25, 0.3) is 0 Å². The molecule has 1 aromatic carbocycles. The summed E-state index contributed by atoms with van der Waals surface area (Å²) in [5.74, 6) is -0.432. The van der Waals surface area contributed by atoms with Crippen molar-refractivity contribution in [2.45, 2.75) is 13.3 Å². The van der Waals surface area contributed by atoms with Crippen molar-refractivity contribution < 1.29 is 12.8 Å². The zero-order valence-electron chi connectivity index (χ0n) is 11.4. The summed E-state index contributed by atoms with van der Waals surface area (Å²) in [4.78, 5) is 0. The minimum absolute atomic E-state index is 0.226. The third kappa shape index (κ3) is 4.77. The Balaban J connectivity index is 2.70. The highest BCUT2D eigenvalue weighted by atomic mass is 32.2. The van der Waals surface area contributed by atoms with Gasteiger partial charge in [-0.2, -0.15) is 12.7 Å². The quantitative estimate of drug-likeness (QED) is 0.745. The minimum Gasteiger partial charge on any atom is -0.320 e. The lowest BCUT2D eigenvalue weighted by Crippen LogP contribution is -2.34. The van der Waals surface area contributed by atoms with Crippen molar-refractivity contribution in [2.75, 3.05) is 31.9 Å². The van der Waals surface area contributed by atoms with Crippen LogP contribution < -0.4 is 10.0 Å². The SMILES string of the molecule is CNCCCN(C)S(=O)(=O)Nc1ccc(C)c(F)c1. The Morgan fingerprint density at radius 2 is 2.05 bits per heavy atom. The Bertz CT molecular complexity index is 520. The second-order valence-electron chi connectivity index (χ2n) is 4.35. The number of aryl methyl sites for hydroxylation is 1. The van der Waals surface area contributed by atoms with Crippen LogP contribution in [0.1, 0.15) is 12.0 Å². The van der Waals surface area contributed by atoms with Gasteiger partial charge in [0.05, 0.1) is 5.69 Å². The summed E-state index contributed by atoms with van der Waals surface area (Å²) in [6.07, 6.45) is 0.705. The molecule has 1 aromatic rings. The molecule has 19 heavy (non-hydrogen) atoms. The van der Waals surface area contributed by atoms with Crippen LogP contribution in [-0.2, 0) is 10.2 Å². The number of nitrogens with one attached hydrogen (secondary N) is 2. The van der Waals surface area contributed by atoms with Gasteiger partial charge in [-0.15, -0.1) is 0 Å². The first-order chi connectivity index (χ1) is 8.86. The van der Waals surface area contributed by atoms with Crippen LogP contribution in [0.3, 0.4) is 0 Å². The normalized spacial score (nSPS) is 11.8. The van der Waals surface area contributed by atoms with Gasteiger partial charge in [-0.1, -0.05) is 6.07 Å². The molecular formula is C12H20FN3O2S. The molecule has 0 radical (unpaired) electrons. The summed E-state index contributed by atoms with van der Waals surface area (Å²) in [5, 5.41) is 2.95. The van der Waals surface area contributed by atoms with E-state index < -0.39 is 16.0 Å². The Morgan fingerprint density at radius 3 is 2.63 bits per heavy atom. The first-order valence-electron chi connectivity index (χ1n) is 6.01. The second kappa shape index (κ2) is 6.83. The second-order valence-corrected chi connectivity index (χ2v) is 6.13. The molecule has 0 amide bonds. The third-order valence-corrected chi connectivity index (χ3v) is 4.23. The van der Waals surface area contributed by atoms with E-state index in [9.17, 15) is 12.8 Å². The largest absolute Gasteiger partial charge is 0.320 e. The molecule has 0 aliphatic carbocycles. The van der Waals surface area contributed by atoms with Gasteiger partial charge in [-0.05, 0) is 44.6 Å². The smallest absolute Gasteiger partial charge is 0.301 e. The van der Waals surface area contributed by atoms with E-state index in [2.05, 4.69) is 10.0 Å².